The number of aromatic nitrogens is 1. The molecule has 1 saturated carbocycles. The van der Waals surface area contributed by atoms with Crippen molar-refractivity contribution in [3.63, 3.8) is 0 Å². The standard InChI is InChI=1S/C22H27N3O3/c1-13-10-14(2)20(15(3)11-13)19-12-17(24-28-19)22(27)25-9-5-4-6-18(25)21(26)23-16-7-8-16/h10-12,16,18H,4-9H2,1-3H3,(H,23,26)/t18-/m1/s1. The van der Waals surface area contributed by atoms with Gasteiger partial charge in [-0.15, -0.1) is 0 Å². The van der Waals surface area contributed by atoms with Crippen molar-refractivity contribution in [2.24, 2.45) is 0 Å². The van der Waals surface area contributed by atoms with Crippen LogP contribution >= 0.6 is 0 Å². The summed E-state index contributed by atoms with van der Waals surface area (Å²) in [5, 5.41) is 7.08. The van der Waals surface area contributed by atoms with Crippen LogP contribution in [0, 0.1) is 20.8 Å². The van der Waals surface area contributed by atoms with E-state index in [2.05, 4.69) is 29.5 Å². The summed E-state index contributed by atoms with van der Waals surface area (Å²) in [4.78, 5) is 27.4. The fraction of sp³-hybridized carbons (Fsp3) is 0.500. The number of nitrogens with zero attached hydrogens (tertiary/aromatic N) is 2. The Morgan fingerprint density at radius 3 is 2.46 bits per heavy atom. The number of aryl methyl sites for hydroxylation is 3. The van der Waals surface area contributed by atoms with Gasteiger partial charge in [0, 0.05) is 24.2 Å². The average molecular weight is 381 g/mol. The van der Waals surface area contributed by atoms with Crippen molar-refractivity contribution in [1.82, 2.24) is 15.4 Å². The minimum atomic E-state index is -0.412. The molecule has 2 fully saturated rings. The molecule has 0 unspecified atom stereocenters. The largest absolute Gasteiger partial charge is 0.355 e. The van der Waals surface area contributed by atoms with Crippen LogP contribution in [0.4, 0.5) is 0 Å². The van der Waals surface area contributed by atoms with Gasteiger partial charge < -0.3 is 14.7 Å². The van der Waals surface area contributed by atoms with Crippen molar-refractivity contribution >= 4 is 11.8 Å². The van der Waals surface area contributed by atoms with E-state index in [9.17, 15) is 9.59 Å². The second kappa shape index (κ2) is 7.41. The minimum absolute atomic E-state index is 0.0375. The summed E-state index contributed by atoms with van der Waals surface area (Å²) in [5.74, 6) is 0.326. The Labute approximate surface area is 165 Å². The molecule has 6 nitrogen and oxygen atoms in total. The molecule has 1 aliphatic heterocycles. The lowest BCUT2D eigenvalue weighted by molar-refractivity contribution is -0.126. The third-order valence-corrected chi connectivity index (χ3v) is 5.64. The molecular formula is C22H27N3O3. The van der Waals surface area contributed by atoms with E-state index in [1.54, 1.807) is 11.0 Å². The first-order valence-electron chi connectivity index (χ1n) is 10.1. The summed E-state index contributed by atoms with van der Waals surface area (Å²) in [6.07, 6.45) is 4.63. The van der Waals surface area contributed by atoms with Gasteiger partial charge in [0.15, 0.2) is 11.5 Å². The van der Waals surface area contributed by atoms with Crippen molar-refractivity contribution in [3.05, 3.63) is 40.6 Å². The van der Waals surface area contributed by atoms with Gasteiger partial charge in [-0.2, -0.15) is 0 Å². The Kier molecular flexibility index (Phi) is 4.96. The highest BCUT2D eigenvalue weighted by molar-refractivity contribution is 5.97. The van der Waals surface area contributed by atoms with E-state index >= 15 is 0 Å². The highest BCUT2D eigenvalue weighted by Crippen LogP contribution is 2.30. The van der Waals surface area contributed by atoms with E-state index in [-0.39, 0.29) is 23.6 Å². The molecule has 2 aromatic rings. The van der Waals surface area contributed by atoms with E-state index < -0.39 is 6.04 Å². The highest BCUT2D eigenvalue weighted by Gasteiger charge is 2.36. The molecule has 0 radical (unpaired) electrons. The summed E-state index contributed by atoms with van der Waals surface area (Å²) in [5.41, 5.74) is 4.60. The van der Waals surface area contributed by atoms with Crippen molar-refractivity contribution in [1.29, 1.82) is 0 Å². The van der Waals surface area contributed by atoms with Crippen LogP contribution < -0.4 is 5.32 Å². The molecule has 1 N–H and O–H groups in total. The topological polar surface area (TPSA) is 75.4 Å². The van der Waals surface area contributed by atoms with Gasteiger partial charge in [0.25, 0.3) is 5.91 Å². The molecule has 2 aliphatic rings. The van der Waals surface area contributed by atoms with Crippen LogP contribution in [0.25, 0.3) is 11.3 Å². The van der Waals surface area contributed by atoms with Crippen molar-refractivity contribution in [2.75, 3.05) is 6.54 Å². The molecule has 1 aromatic carbocycles. The number of piperidine rings is 1. The zero-order valence-corrected chi connectivity index (χ0v) is 16.7. The number of hydrogen-bond donors (Lipinski definition) is 1. The van der Waals surface area contributed by atoms with Crippen LogP contribution in [0.5, 0.6) is 0 Å². The van der Waals surface area contributed by atoms with Gasteiger partial charge in [-0.3, -0.25) is 9.59 Å². The monoisotopic (exact) mass is 381 g/mol. The predicted molar refractivity (Wildman–Crippen MR) is 106 cm³/mol. The van der Waals surface area contributed by atoms with Crippen LogP contribution in [0.1, 0.15) is 59.3 Å². The molecule has 28 heavy (non-hydrogen) atoms. The third-order valence-electron chi connectivity index (χ3n) is 5.64. The molecule has 148 valence electrons. The first kappa shape index (κ1) is 18.7. The zero-order chi connectivity index (χ0) is 19.8. The van der Waals surface area contributed by atoms with Crippen molar-refractivity contribution in [3.8, 4) is 11.3 Å². The molecule has 2 heterocycles. The molecule has 1 aromatic heterocycles. The van der Waals surface area contributed by atoms with E-state index in [1.165, 1.54) is 5.56 Å². The average Bonchev–Trinajstić information content (AvgIpc) is 3.34. The number of amides is 2. The summed E-state index contributed by atoms with van der Waals surface area (Å²) in [6.45, 7) is 6.69. The number of hydrogen-bond acceptors (Lipinski definition) is 4. The quantitative estimate of drug-likeness (QED) is 0.879. The van der Waals surface area contributed by atoms with Gasteiger partial charge in [-0.05, 0) is 64.0 Å². The maximum atomic E-state index is 13.1. The molecule has 6 heteroatoms. The van der Waals surface area contributed by atoms with Crippen LogP contribution in [-0.2, 0) is 4.79 Å². The van der Waals surface area contributed by atoms with Crippen LogP contribution in [0.15, 0.2) is 22.7 Å². The predicted octanol–water partition coefficient (Wildman–Crippen LogP) is 3.54. The molecule has 0 spiro atoms. The zero-order valence-electron chi connectivity index (χ0n) is 16.7. The lowest BCUT2D eigenvalue weighted by Crippen LogP contribution is -2.52. The summed E-state index contributed by atoms with van der Waals surface area (Å²) in [6, 6.07) is 5.77. The number of rotatable bonds is 4. The highest BCUT2D eigenvalue weighted by atomic mass is 16.5. The van der Waals surface area contributed by atoms with E-state index in [0.29, 0.717) is 18.7 Å². The normalized spacial score (nSPS) is 19.5. The summed E-state index contributed by atoms with van der Waals surface area (Å²) in [7, 11) is 0. The molecule has 2 amide bonds. The van der Waals surface area contributed by atoms with Crippen LogP contribution in [-0.4, -0.2) is 40.5 Å². The third kappa shape index (κ3) is 3.68. The molecule has 1 aliphatic carbocycles. The molecule has 1 atom stereocenters. The van der Waals surface area contributed by atoms with Crippen molar-refractivity contribution in [2.45, 2.75) is 65.0 Å². The Morgan fingerprint density at radius 2 is 1.79 bits per heavy atom. The lowest BCUT2D eigenvalue weighted by atomic mass is 9.97. The Hall–Kier alpha value is -2.63. The number of carbonyl (C=O) groups excluding carboxylic acids is 2. The molecule has 0 bridgehead atoms. The number of benzene rings is 1. The number of likely N-dealkylation sites (tertiary alicyclic amines) is 1. The van der Waals surface area contributed by atoms with Gasteiger partial charge in [0.1, 0.15) is 6.04 Å². The SMILES string of the molecule is Cc1cc(C)c(-c2cc(C(=O)N3CCCC[C@@H]3C(=O)NC3CC3)no2)c(C)c1. The second-order valence-electron chi connectivity index (χ2n) is 8.14. The Morgan fingerprint density at radius 1 is 1.07 bits per heavy atom. The fourth-order valence-corrected chi connectivity index (χ4v) is 4.18. The first-order chi connectivity index (χ1) is 13.4. The molecule has 4 rings (SSSR count). The van der Waals surface area contributed by atoms with Gasteiger partial charge in [-0.25, -0.2) is 0 Å². The van der Waals surface area contributed by atoms with Crippen LogP contribution in [0.2, 0.25) is 0 Å². The summed E-state index contributed by atoms with van der Waals surface area (Å²) >= 11 is 0. The van der Waals surface area contributed by atoms with E-state index in [0.717, 1.165) is 42.4 Å². The van der Waals surface area contributed by atoms with Gasteiger partial charge in [0.2, 0.25) is 5.91 Å². The number of carbonyl (C=O) groups is 2. The number of nitrogens with one attached hydrogen (secondary N) is 1. The Bertz CT molecular complexity index is 890. The summed E-state index contributed by atoms with van der Waals surface area (Å²) < 4.78 is 5.54. The lowest BCUT2D eigenvalue weighted by Gasteiger charge is -2.34. The second-order valence-corrected chi connectivity index (χ2v) is 8.14. The fourth-order valence-electron chi connectivity index (χ4n) is 4.18. The van der Waals surface area contributed by atoms with Crippen LogP contribution in [0.3, 0.4) is 0 Å². The van der Waals surface area contributed by atoms with Gasteiger partial charge >= 0.3 is 0 Å². The van der Waals surface area contributed by atoms with E-state index in [1.807, 2.05) is 13.8 Å². The van der Waals surface area contributed by atoms with Gasteiger partial charge in [-0.1, -0.05) is 22.9 Å². The molecular weight excluding hydrogens is 354 g/mol. The smallest absolute Gasteiger partial charge is 0.276 e. The molecule has 1 saturated heterocycles. The van der Waals surface area contributed by atoms with Crippen molar-refractivity contribution < 1.29 is 14.1 Å². The first-order valence-corrected chi connectivity index (χ1v) is 10.1. The minimum Gasteiger partial charge on any atom is -0.355 e. The maximum Gasteiger partial charge on any atom is 0.276 e. The Balaban J connectivity index is 1.57. The van der Waals surface area contributed by atoms with Gasteiger partial charge in [0.05, 0.1) is 0 Å². The maximum absolute atomic E-state index is 13.1. The van der Waals surface area contributed by atoms with E-state index in [4.69, 9.17) is 4.52 Å².